The monoisotopic (exact) mass is 742 g/mol. The maximum absolute atomic E-state index is 4.93. The van der Waals surface area contributed by atoms with E-state index in [-0.39, 0.29) is 5.41 Å². The Labute approximate surface area is 337 Å². The van der Waals surface area contributed by atoms with Crippen molar-refractivity contribution in [3.8, 4) is 73.2 Å². The van der Waals surface area contributed by atoms with Crippen molar-refractivity contribution in [2.75, 3.05) is 0 Å². The van der Waals surface area contributed by atoms with Crippen molar-refractivity contribution in [3.63, 3.8) is 0 Å². The molecule has 0 aliphatic carbocycles. The van der Waals surface area contributed by atoms with Crippen LogP contribution in [0.4, 0.5) is 0 Å². The number of benzene rings is 8. The smallest absolute Gasteiger partial charge is 0.164 e. The number of fused-ring (bicyclic) bond motifs is 5. The molecule has 8 aromatic carbocycles. The minimum absolute atomic E-state index is 0.158. The van der Waals surface area contributed by atoms with Crippen molar-refractivity contribution < 1.29 is 0 Å². The van der Waals surface area contributed by atoms with Crippen LogP contribution in [0.1, 0.15) is 25.0 Å². The van der Waals surface area contributed by atoms with Gasteiger partial charge in [0.15, 0.2) is 17.5 Å². The van der Waals surface area contributed by atoms with Gasteiger partial charge in [-0.3, -0.25) is 0 Å². The lowest BCUT2D eigenvalue weighted by atomic mass is 9.74. The highest BCUT2D eigenvalue weighted by molar-refractivity contribution is 6.13. The van der Waals surface area contributed by atoms with Crippen molar-refractivity contribution in [2.24, 2.45) is 0 Å². The first-order valence-electron chi connectivity index (χ1n) is 19.9. The molecule has 10 aromatic rings. The van der Waals surface area contributed by atoms with Crippen LogP contribution in [0, 0.1) is 0 Å². The number of nitrogens with zero attached hydrogens (tertiary/aromatic N) is 4. The number of hydrogen-bond acceptors (Lipinski definition) is 3. The summed E-state index contributed by atoms with van der Waals surface area (Å²) in [4.78, 5) is 14.7. The van der Waals surface area contributed by atoms with E-state index in [2.05, 4.69) is 152 Å². The lowest BCUT2D eigenvalue weighted by molar-refractivity contribution is 0.630. The van der Waals surface area contributed by atoms with Crippen molar-refractivity contribution in [1.82, 2.24) is 19.5 Å². The lowest BCUT2D eigenvalue weighted by Gasteiger charge is -2.35. The Morgan fingerprint density at radius 2 is 0.810 bits per heavy atom. The molecule has 58 heavy (non-hydrogen) atoms. The SMILES string of the molecule is CC1(C)c2ccccc2-n2c3ccccc3c3cc(-c4cccc(-c5cccc(-c6ccc(-c7nc(-c8ccccc8)nc(-c8ccccc8)n7)cc6)c5)c4)cc1c32. The normalized spacial score (nSPS) is 12.8. The molecule has 1 aliphatic heterocycles. The van der Waals surface area contributed by atoms with Gasteiger partial charge in [0.25, 0.3) is 0 Å². The number of para-hydroxylation sites is 2. The summed E-state index contributed by atoms with van der Waals surface area (Å²) in [6, 6.07) is 69.1. The molecule has 3 heterocycles. The minimum atomic E-state index is -0.158. The zero-order valence-electron chi connectivity index (χ0n) is 32.3. The topological polar surface area (TPSA) is 43.6 Å². The van der Waals surface area contributed by atoms with Crippen LogP contribution in [0.25, 0.3) is 95.0 Å². The van der Waals surface area contributed by atoms with Crippen LogP contribution in [0.3, 0.4) is 0 Å². The molecular weight excluding hydrogens is 705 g/mol. The minimum Gasteiger partial charge on any atom is -0.309 e. The molecule has 274 valence electrons. The summed E-state index contributed by atoms with van der Waals surface area (Å²) in [5, 5.41) is 2.58. The van der Waals surface area contributed by atoms with Crippen LogP contribution in [0.5, 0.6) is 0 Å². The summed E-state index contributed by atoms with van der Waals surface area (Å²) in [6.45, 7) is 4.74. The Kier molecular flexibility index (Phi) is 7.80. The molecule has 2 aromatic heterocycles. The molecule has 0 amide bonds. The van der Waals surface area contributed by atoms with Crippen molar-refractivity contribution in [2.45, 2.75) is 19.3 Å². The van der Waals surface area contributed by atoms with Crippen LogP contribution >= 0.6 is 0 Å². The first kappa shape index (κ1) is 33.9. The average Bonchev–Trinajstić information content (AvgIpc) is 3.63. The fourth-order valence-electron chi connectivity index (χ4n) is 8.84. The highest BCUT2D eigenvalue weighted by Gasteiger charge is 2.35. The average molecular weight is 743 g/mol. The van der Waals surface area contributed by atoms with Crippen molar-refractivity contribution in [1.29, 1.82) is 0 Å². The van der Waals surface area contributed by atoms with Gasteiger partial charge in [-0.25, -0.2) is 15.0 Å². The van der Waals surface area contributed by atoms with Gasteiger partial charge in [-0.2, -0.15) is 0 Å². The number of rotatable bonds is 6. The van der Waals surface area contributed by atoms with E-state index in [9.17, 15) is 0 Å². The Morgan fingerprint density at radius 3 is 1.43 bits per heavy atom. The van der Waals surface area contributed by atoms with Crippen LogP contribution in [-0.4, -0.2) is 19.5 Å². The van der Waals surface area contributed by atoms with Crippen molar-refractivity contribution >= 4 is 21.8 Å². The summed E-state index contributed by atoms with van der Waals surface area (Å²) in [6.07, 6.45) is 0. The van der Waals surface area contributed by atoms with Crippen LogP contribution in [0.15, 0.2) is 194 Å². The van der Waals surface area contributed by atoms with Gasteiger partial charge >= 0.3 is 0 Å². The van der Waals surface area contributed by atoms with E-state index in [1.54, 1.807) is 0 Å². The molecule has 0 radical (unpaired) electrons. The quantitative estimate of drug-likeness (QED) is 0.170. The lowest BCUT2D eigenvalue weighted by Crippen LogP contribution is -2.26. The standard InChI is InChI=1S/C54H38N4/c1-54(2)46-24-10-12-26-49(46)58-48-25-11-9-23-44(48)45-33-43(34-47(54)50(45)58)42-22-14-21-41(32-42)40-20-13-19-39(31-40)35-27-29-38(30-28-35)53-56-51(36-15-5-3-6-16-36)55-52(57-53)37-17-7-4-8-18-37/h3-34H,1-2H3. The Morgan fingerprint density at radius 1 is 0.345 bits per heavy atom. The highest BCUT2D eigenvalue weighted by atomic mass is 15.0. The molecule has 0 saturated carbocycles. The van der Waals surface area contributed by atoms with Gasteiger partial charge in [0.2, 0.25) is 0 Å². The summed E-state index contributed by atoms with van der Waals surface area (Å²) < 4.78 is 2.48. The molecule has 0 bridgehead atoms. The summed E-state index contributed by atoms with van der Waals surface area (Å²) in [5.41, 5.74) is 16.3. The van der Waals surface area contributed by atoms with E-state index < -0.39 is 0 Å². The van der Waals surface area contributed by atoms with Crippen LogP contribution in [-0.2, 0) is 5.41 Å². The Balaban J connectivity index is 0.952. The Hall–Kier alpha value is -7.43. The van der Waals surface area contributed by atoms with Gasteiger partial charge in [-0.15, -0.1) is 0 Å². The van der Waals surface area contributed by atoms with Crippen LogP contribution < -0.4 is 0 Å². The molecular formula is C54H38N4. The summed E-state index contributed by atoms with van der Waals surface area (Å²) in [7, 11) is 0. The van der Waals surface area contributed by atoms with E-state index >= 15 is 0 Å². The second-order valence-corrected chi connectivity index (χ2v) is 15.7. The highest BCUT2D eigenvalue weighted by Crippen LogP contribution is 2.49. The first-order valence-corrected chi connectivity index (χ1v) is 19.9. The third kappa shape index (κ3) is 5.56. The van der Waals surface area contributed by atoms with E-state index in [0.717, 1.165) is 27.8 Å². The van der Waals surface area contributed by atoms with Crippen LogP contribution in [0.2, 0.25) is 0 Å². The second kappa shape index (κ2) is 13.4. The zero-order valence-corrected chi connectivity index (χ0v) is 32.3. The molecule has 1 aliphatic rings. The molecule has 0 saturated heterocycles. The molecule has 0 unspecified atom stereocenters. The number of hydrogen-bond donors (Lipinski definition) is 0. The molecule has 4 heteroatoms. The van der Waals surface area contributed by atoms with E-state index in [0.29, 0.717) is 17.5 Å². The third-order valence-corrected chi connectivity index (χ3v) is 11.8. The second-order valence-electron chi connectivity index (χ2n) is 15.7. The fourth-order valence-corrected chi connectivity index (χ4v) is 8.84. The van der Waals surface area contributed by atoms with Gasteiger partial charge in [-0.1, -0.05) is 172 Å². The van der Waals surface area contributed by atoms with Gasteiger partial charge in [-0.05, 0) is 80.9 Å². The largest absolute Gasteiger partial charge is 0.309 e. The van der Waals surface area contributed by atoms with Crippen molar-refractivity contribution in [3.05, 3.63) is 205 Å². The fraction of sp³-hybridized carbons (Fsp3) is 0.0556. The molecule has 11 rings (SSSR count). The maximum atomic E-state index is 4.93. The van der Waals surface area contributed by atoms with Gasteiger partial charge < -0.3 is 4.57 Å². The number of aromatic nitrogens is 4. The van der Waals surface area contributed by atoms with E-state index in [1.165, 1.54) is 60.9 Å². The predicted molar refractivity (Wildman–Crippen MR) is 239 cm³/mol. The van der Waals surface area contributed by atoms with Gasteiger partial charge in [0.05, 0.1) is 16.7 Å². The molecule has 0 N–H and O–H groups in total. The van der Waals surface area contributed by atoms with E-state index in [1.807, 2.05) is 60.7 Å². The summed E-state index contributed by atoms with van der Waals surface area (Å²) in [5.74, 6) is 1.96. The molecule has 4 nitrogen and oxygen atoms in total. The first-order chi connectivity index (χ1) is 28.5. The summed E-state index contributed by atoms with van der Waals surface area (Å²) >= 11 is 0. The molecule has 0 fully saturated rings. The van der Waals surface area contributed by atoms with Gasteiger partial charge in [0, 0.05) is 32.9 Å². The zero-order chi connectivity index (χ0) is 38.8. The maximum Gasteiger partial charge on any atom is 0.164 e. The molecule has 0 atom stereocenters. The van der Waals surface area contributed by atoms with Gasteiger partial charge in [0.1, 0.15) is 0 Å². The molecule has 0 spiro atoms. The third-order valence-electron chi connectivity index (χ3n) is 11.8. The van der Waals surface area contributed by atoms with E-state index in [4.69, 9.17) is 15.0 Å². The Bertz CT molecular complexity index is 3120. The predicted octanol–water partition coefficient (Wildman–Crippen LogP) is 13.6.